The lowest BCUT2D eigenvalue weighted by Gasteiger charge is -2.14. The first-order valence-corrected chi connectivity index (χ1v) is 6.44. The predicted octanol–water partition coefficient (Wildman–Crippen LogP) is 2.57. The molecule has 0 aromatic heterocycles. The molecule has 0 saturated heterocycles. The van der Waals surface area contributed by atoms with Gasteiger partial charge in [0.15, 0.2) is 5.78 Å². The van der Waals surface area contributed by atoms with Gasteiger partial charge in [-0.1, -0.05) is 26.0 Å². The lowest BCUT2D eigenvalue weighted by Crippen LogP contribution is -2.24. The van der Waals surface area contributed by atoms with E-state index in [9.17, 15) is 4.79 Å². The summed E-state index contributed by atoms with van der Waals surface area (Å²) in [6.07, 6.45) is 1.91. The largest absolute Gasteiger partial charge is 0.486 e. The fourth-order valence-corrected chi connectivity index (χ4v) is 1.90. The molecular weight excluding hydrogens is 226 g/mol. The fraction of sp³-hybridized carbons (Fsp3) is 0.533. The lowest BCUT2D eigenvalue weighted by atomic mass is 9.98. The van der Waals surface area contributed by atoms with Gasteiger partial charge in [-0.15, -0.1) is 0 Å². The monoisotopic (exact) mass is 249 g/mol. The van der Waals surface area contributed by atoms with Crippen molar-refractivity contribution in [3.63, 3.8) is 0 Å². The maximum Gasteiger partial charge on any atom is 0.167 e. The van der Waals surface area contributed by atoms with Gasteiger partial charge in [0.2, 0.25) is 0 Å². The Labute approximate surface area is 109 Å². The second-order valence-electron chi connectivity index (χ2n) is 5.23. The standard InChI is InChI=1S/C15H23NO2/c1-11(2)8-14(16)9-13-4-6-15(7-5-13)18-10-12(3)17/h4-7,11,14H,8-10,16H2,1-3H3. The lowest BCUT2D eigenvalue weighted by molar-refractivity contribution is -0.118. The van der Waals surface area contributed by atoms with Crippen molar-refractivity contribution in [1.29, 1.82) is 0 Å². The summed E-state index contributed by atoms with van der Waals surface area (Å²) in [6.45, 7) is 6.00. The molecular formula is C15H23NO2. The van der Waals surface area contributed by atoms with Gasteiger partial charge in [0.25, 0.3) is 0 Å². The van der Waals surface area contributed by atoms with Crippen LogP contribution in [0.4, 0.5) is 0 Å². The predicted molar refractivity (Wildman–Crippen MR) is 73.8 cm³/mol. The van der Waals surface area contributed by atoms with Crippen LogP contribution in [0.5, 0.6) is 5.75 Å². The molecule has 2 N–H and O–H groups in total. The summed E-state index contributed by atoms with van der Waals surface area (Å²) in [6, 6.07) is 8.00. The zero-order valence-electron chi connectivity index (χ0n) is 11.5. The molecule has 0 aliphatic rings. The number of benzene rings is 1. The first-order valence-electron chi connectivity index (χ1n) is 6.44. The SMILES string of the molecule is CC(=O)COc1ccc(CC(N)CC(C)C)cc1. The minimum atomic E-state index is 0.0260. The first kappa shape index (κ1) is 14.7. The molecule has 3 nitrogen and oxygen atoms in total. The Balaban J connectivity index is 2.47. The summed E-state index contributed by atoms with van der Waals surface area (Å²) >= 11 is 0. The molecule has 0 amide bonds. The third kappa shape index (κ3) is 5.82. The van der Waals surface area contributed by atoms with Crippen molar-refractivity contribution < 1.29 is 9.53 Å². The maximum atomic E-state index is 10.8. The average molecular weight is 249 g/mol. The van der Waals surface area contributed by atoms with Gasteiger partial charge in [0.1, 0.15) is 12.4 Å². The number of ether oxygens (including phenoxy) is 1. The van der Waals surface area contributed by atoms with Crippen LogP contribution in [0.1, 0.15) is 32.8 Å². The highest BCUT2D eigenvalue weighted by molar-refractivity contribution is 5.77. The highest BCUT2D eigenvalue weighted by atomic mass is 16.5. The summed E-state index contributed by atoms with van der Waals surface area (Å²) in [4.78, 5) is 10.8. The third-order valence-corrected chi connectivity index (χ3v) is 2.64. The van der Waals surface area contributed by atoms with Crippen molar-refractivity contribution in [2.75, 3.05) is 6.61 Å². The van der Waals surface area contributed by atoms with E-state index >= 15 is 0 Å². The first-order chi connectivity index (χ1) is 8.47. The zero-order valence-corrected chi connectivity index (χ0v) is 11.5. The molecule has 0 fully saturated rings. The van der Waals surface area contributed by atoms with Gasteiger partial charge in [-0.25, -0.2) is 0 Å². The van der Waals surface area contributed by atoms with Crippen LogP contribution in [0.25, 0.3) is 0 Å². The molecule has 0 aliphatic carbocycles. The molecule has 1 rings (SSSR count). The van der Waals surface area contributed by atoms with E-state index in [-0.39, 0.29) is 18.4 Å². The molecule has 0 radical (unpaired) electrons. The van der Waals surface area contributed by atoms with Gasteiger partial charge in [-0.2, -0.15) is 0 Å². The smallest absolute Gasteiger partial charge is 0.167 e. The van der Waals surface area contributed by atoms with E-state index in [0.717, 1.165) is 18.6 Å². The van der Waals surface area contributed by atoms with Crippen LogP contribution in [-0.2, 0) is 11.2 Å². The van der Waals surface area contributed by atoms with Crippen LogP contribution in [-0.4, -0.2) is 18.4 Å². The van der Waals surface area contributed by atoms with Crippen LogP contribution in [0.2, 0.25) is 0 Å². The number of carbonyl (C=O) groups excluding carboxylic acids is 1. The second-order valence-corrected chi connectivity index (χ2v) is 5.23. The van der Waals surface area contributed by atoms with Gasteiger partial charge in [0.05, 0.1) is 0 Å². The summed E-state index contributed by atoms with van der Waals surface area (Å²) in [5, 5.41) is 0. The Morgan fingerprint density at radius 3 is 2.39 bits per heavy atom. The zero-order chi connectivity index (χ0) is 13.5. The molecule has 3 heteroatoms. The van der Waals surface area contributed by atoms with E-state index in [1.54, 1.807) is 0 Å². The van der Waals surface area contributed by atoms with E-state index in [0.29, 0.717) is 5.92 Å². The van der Waals surface area contributed by atoms with Crippen LogP contribution in [0.15, 0.2) is 24.3 Å². The summed E-state index contributed by atoms with van der Waals surface area (Å²) in [5.74, 6) is 1.38. The van der Waals surface area contributed by atoms with E-state index in [1.165, 1.54) is 12.5 Å². The van der Waals surface area contributed by atoms with Crippen molar-refractivity contribution in [2.24, 2.45) is 11.7 Å². The Hall–Kier alpha value is -1.35. The minimum Gasteiger partial charge on any atom is -0.486 e. The molecule has 0 heterocycles. The molecule has 1 aromatic carbocycles. The maximum absolute atomic E-state index is 10.8. The summed E-state index contributed by atoms with van der Waals surface area (Å²) in [7, 11) is 0. The van der Waals surface area contributed by atoms with E-state index < -0.39 is 0 Å². The third-order valence-electron chi connectivity index (χ3n) is 2.64. The number of Topliss-reactive ketones (excluding diaryl/α,β-unsaturated/α-hetero) is 1. The second kappa shape index (κ2) is 7.17. The van der Waals surface area contributed by atoms with E-state index in [2.05, 4.69) is 13.8 Å². The molecule has 0 saturated carbocycles. The number of carbonyl (C=O) groups is 1. The molecule has 0 spiro atoms. The molecule has 1 aromatic rings. The Bertz CT molecular complexity index is 371. The van der Waals surface area contributed by atoms with Gasteiger partial charge < -0.3 is 10.5 Å². The number of rotatable bonds is 7. The molecule has 1 unspecified atom stereocenters. The van der Waals surface area contributed by atoms with Gasteiger partial charge in [0, 0.05) is 6.04 Å². The highest BCUT2D eigenvalue weighted by Crippen LogP contribution is 2.15. The Kier molecular flexibility index (Phi) is 5.86. The molecule has 18 heavy (non-hydrogen) atoms. The van der Waals surface area contributed by atoms with Crippen LogP contribution >= 0.6 is 0 Å². The van der Waals surface area contributed by atoms with Crippen LogP contribution < -0.4 is 10.5 Å². The quantitative estimate of drug-likeness (QED) is 0.808. The average Bonchev–Trinajstić information content (AvgIpc) is 2.26. The van der Waals surface area contributed by atoms with Crippen molar-refractivity contribution in [3.8, 4) is 5.75 Å². The Morgan fingerprint density at radius 1 is 1.28 bits per heavy atom. The number of ketones is 1. The topological polar surface area (TPSA) is 52.3 Å². The highest BCUT2D eigenvalue weighted by Gasteiger charge is 2.06. The fourth-order valence-electron chi connectivity index (χ4n) is 1.90. The Morgan fingerprint density at radius 2 is 1.89 bits per heavy atom. The van der Waals surface area contributed by atoms with Gasteiger partial charge in [-0.05, 0) is 43.4 Å². The van der Waals surface area contributed by atoms with E-state index in [1.807, 2.05) is 24.3 Å². The van der Waals surface area contributed by atoms with Crippen molar-refractivity contribution in [2.45, 2.75) is 39.7 Å². The van der Waals surface area contributed by atoms with Gasteiger partial charge >= 0.3 is 0 Å². The molecule has 1 atom stereocenters. The van der Waals surface area contributed by atoms with Crippen LogP contribution in [0.3, 0.4) is 0 Å². The number of nitrogens with two attached hydrogens (primary N) is 1. The van der Waals surface area contributed by atoms with Crippen LogP contribution in [0, 0.1) is 5.92 Å². The number of hydrogen-bond acceptors (Lipinski definition) is 3. The summed E-state index contributed by atoms with van der Waals surface area (Å²) in [5.41, 5.74) is 7.27. The summed E-state index contributed by atoms with van der Waals surface area (Å²) < 4.78 is 5.31. The normalized spacial score (nSPS) is 12.5. The van der Waals surface area contributed by atoms with Crippen molar-refractivity contribution in [3.05, 3.63) is 29.8 Å². The minimum absolute atomic E-state index is 0.0260. The van der Waals surface area contributed by atoms with Crippen molar-refractivity contribution >= 4 is 5.78 Å². The molecule has 0 aliphatic heterocycles. The molecule has 100 valence electrons. The van der Waals surface area contributed by atoms with Crippen molar-refractivity contribution in [1.82, 2.24) is 0 Å². The van der Waals surface area contributed by atoms with E-state index in [4.69, 9.17) is 10.5 Å². The number of hydrogen-bond donors (Lipinski definition) is 1. The molecule has 0 bridgehead atoms. The van der Waals surface area contributed by atoms with Gasteiger partial charge in [-0.3, -0.25) is 4.79 Å².